The number of ether oxygens (including phenoxy) is 1. The largest absolute Gasteiger partial charge is 0.391 e. The van der Waals surface area contributed by atoms with Crippen molar-refractivity contribution < 1.29 is 9.84 Å². The van der Waals surface area contributed by atoms with Crippen LogP contribution in [0.15, 0.2) is 0 Å². The summed E-state index contributed by atoms with van der Waals surface area (Å²) in [4.78, 5) is 0. The third-order valence-corrected chi connectivity index (χ3v) is 1.77. The van der Waals surface area contributed by atoms with Gasteiger partial charge in [-0.25, -0.2) is 0 Å². The Kier molecular flexibility index (Phi) is 4.87. The average Bonchev–Trinajstić information content (AvgIpc) is 1.98. The smallest absolute Gasteiger partial charge is 0.146 e. The van der Waals surface area contributed by atoms with Crippen LogP contribution in [0.5, 0.6) is 0 Å². The van der Waals surface area contributed by atoms with Gasteiger partial charge < -0.3 is 9.84 Å². The highest BCUT2D eigenvalue weighted by Crippen LogP contribution is 2.10. The van der Waals surface area contributed by atoms with Gasteiger partial charge in [0, 0.05) is 0 Å². The molecule has 0 aliphatic carbocycles. The van der Waals surface area contributed by atoms with Gasteiger partial charge >= 0.3 is 0 Å². The highest BCUT2D eigenvalue weighted by molar-refractivity contribution is 4.87. The van der Waals surface area contributed by atoms with Crippen molar-refractivity contribution in [2.75, 3.05) is 0 Å². The van der Waals surface area contributed by atoms with Gasteiger partial charge in [-0.2, -0.15) is 5.26 Å². The second kappa shape index (κ2) is 5.13. The molecular formula is C9H17NO2. The van der Waals surface area contributed by atoms with E-state index >= 15 is 0 Å². The summed E-state index contributed by atoms with van der Waals surface area (Å²) < 4.78 is 5.31. The summed E-state index contributed by atoms with van der Waals surface area (Å²) in [5.41, 5.74) is 0. The standard InChI is InChI=1S/C9H17NO2/c1-6(2)9(5-10)12-8(4)7(3)11/h6-9,11H,1-4H3. The Hall–Kier alpha value is -0.590. The summed E-state index contributed by atoms with van der Waals surface area (Å²) in [7, 11) is 0. The van der Waals surface area contributed by atoms with Gasteiger partial charge in [0.25, 0.3) is 0 Å². The number of hydrogen-bond donors (Lipinski definition) is 1. The van der Waals surface area contributed by atoms with Crippen molar-refractivity contribution in [3.63, 3.8) is 0 Å². The first kappa shape index (κ1) is 11.4. The van der Waals surface area contributed by atoms with Crippen molar-refractivity contribution in [3.05, 3.63) is 0 Å². The van der Waals surface area contributed by atoms with Crippen molar-refractivity contribution in [1.29, 1.82) is 5.26 Å². The summed E-state index contributed by atoms with van der Waals surface area (Å²) in [5.74, 6) is 0.163. The van der Waals surface area contributed by atoms with E-state index in [1.54, 1.807) is 13.8 Å². The number of nitrogens with zero attached hydrogens (tertiary/aromatic N) is 1. The van der Waals surface area contributed by atoms with Crippen LogP contribution in [-0.4, -0.2) is 23.4 Å². The molecule has 70 valence electrons. The third-order valence-electron chi connectivity index (χ3n) is 1.77. The molecule has 0 bridgehead atoms. The predicted octanol–water partition coefficient (Wildman–Crippen LogP) is 1.32. The Balaban J connectivity index is 3.96. The summed E-state index contributed by atoms with van der Waals surface area (Å²) in [6.07, 6.45) is -1.23. The molecule has 3 heteroatoms. The fourth-order valence-electron chi connectivity index (χ4n) is 0.682. The zero-order valence-electron chi connectivity index (χ0n) is 8.11. The Bertz CT molecular complexity index is 160. The molecule has 0 radical (unpaired) electrons. The van der Waals surface area contributed by atoms with Gasteiger partial charge in [0.2, 0.25) is 0 Å². The molecule has 1 N–H and O–H groups in total. The minimum absolute atomic E-state index is 0.163. The first-order valence-corrected chi connectivity index (χ1v) is 4.22. The van der Waals surface area contributed by atoms with Crippen LogP contribution in [0.4, 0.5) is 0 Å². The lowest BCUT2D eigenvalue weighted by Gasteiger charge is -2.21. The van der Waals surface area contributed by atoms with Crippen LogP contribution < -0.4 is 0 Å². The van der Waals surface area contributed by atoms with Gasteiger partial charge in [-0.05, 0) is 19.8 Å². The van der Waals surface area contributed by atoms with Crippen LogP contribution in [0.2, 0.25) is 0 Å². The lowest BCUT2D eigenvalue weighted by Crippen LogP contribution is -2.30. The number of aliphatic hydroxyl groups excluding tert-OH is 1. The lowest BCUT2D eigenvalue weighted by molar-refractivity contribution is -0.0551. The highest BCUT2D eigenvalue weighted by atomic mass is 16.5. The summed E-state index contributed by atoms with van der Waals surface area (Å²) in [6.45, 7) is 7.25. The van der Waals surface area contributed by atoms with Crippen molar-refractivity contribution in [3.8, 4) is 6.07 Å². The van der Waals surface area contributed by atoms with Gasteiger partial charge in [0.15, 0.2) is 0 Å². The fraction of sp³-hybridized carbons (Fsp3) is 0.889. The van der Waals surface area contributed by atoms with E-state index in [1.807, 2.05) is 13.8 Å². The van der Waals surface area contributed by atoms with E-state index < -0.39 is 12.2 Å². The first-order valence-electron chi connectivity index (χ1n) is 4.22. The van der Waals surface area contributed by atoms with Crippen molar-refractivity contribution in [2.24, 2.45) is 5.92 Å². The Morgan fingerprint density at radius 2 is 1.75 bits per heavy atom. The molecule has 0 rings (SSSR count). The van der Waals surface area contributed by atoms with Crippen molar-refractivity contribution in [1.82, 2.24) is 0 Å². The van der Waals surface area contributed by atoms with Gasteiger partial charge in [-0.3, -0.25) is 0 Å². The molecule has 0 aromatic carbocycles. The summed E-state index contributed by atoms with van der Waals surface area (Å²) in [6, 6.07) is 2.05. The van der Waals surface area contributed by atoms with Crippen LogP contribution in [-0.2, 0) is 4.74 Å². The molecule has 0 amide bonds. The maximum absolute atomic E-state index is 9.11. The molecule has 0 fully saturated rings. The van der Waals surface area contributed by atoms with Crippen molar-refractivity contribution in [2.45, 2.75) is 46.0 Å². The van der Waals surface area contributed by atoms with Crippen LogP contribution in [0.25, 0.3) is 0 Å². The minimum atomic E-state index is -0.528. The Labute approximate surface area is 74.0 Å². The van der Waals surface area contributed by atoms with Gasteiger partial charge in [-0.15, -0.1) is 0 Å². The van der Waals surface area contributed by atoms with E-state index in [0.717, 1.165) is 0 Å². The van der Waals surface area contributed by atoms with Crippen LogP contribution in [0.3, 0.4) is 0 Å². The SMILES string of the molecule is CC(C)C(C#N)OC(C)C(C)O. The maximum atomic E-state index is 9.11. The molecule has 3 unspecified atom stereocenters. The summed E-state index contributed by atoms with van der Waals surface area (Å²) >= 11 is 0. The molecule has 0 aliphatic rings. The molecule has 0 heterocycles. The number of nitriles is 1. The molecule has 0 aromatic rings. The van der Waals surface area contributed by atoms with E-state index in [2.05, 4.69) is 6.07 Å². The molecule has 12 heavy (non-hydrogen) atoms. The molecule has 0 saturated heterocycles. The Morgan fingerprint density at radius 3 is 2.00 bits per heavy atom. The molecular weight excluding hydrogens is 154 g/mol. The second-order valence-corrected chi connectivity index (χ2v) is 3.38. The van der Waals surface area contributed by atoms with Crippen LogP contribution >= 0.6 is 0 Å². The van der Waals surface area contributed by atoms with E-state index in [4.69, 9.17) is 15.1 Å². The quantitative estimate of drug-likeness (QED) is 0.694. The molecule has 0 spiro atoms. The monoisotopic (exact) mass is 171 g/mol. The van der Waals surface area contributed by atoms with E-state index in [-0.39, 0.29) is 12.0 Å². The van der Waals surface area contributed by atoms with Gasteiger partial charge in [0.1, 0.15) is 6.10 Å². The molecule has 0 aliphatic heterocycles. The fourth-order valence-corrected chi connectivity index (χ4v) is 0.682. The van der Waals surface area contributed by atoms with Gasteiger partial charge in [0.05, 0.1) is 18.3 Å². The van der Waals surface area contributed by atoms with Crippen molar-refractivity contribution >= 4 is 0 Å². The highest BCUT2D eigenvalue weighted by Gasteiger charge is 2.18. The predicted molar refractivity (Wildman–Crippen MR) is 46.5 cm³/mol. The molecule has 3 nitrogen and oxygen atoms in total. The van der Waals surface area contributed by atoms with E-state index in [0.29, 0.717) is 0 Å². The number of hydrogen-bond acceptors (Lipinski definition) is 3. The topological polar surface area (TPSA) is 53.2 Å². The zero-order valence-corrected chi connectivity index (χ0v) is 8.11. The summed E-state index contributed by atoms with van der Waals surface area (Å²) in [5, 5.41) is 17.8. The molecule has 3 atom stereocenters. The first-order chi connectivity index (χ1) is 5.49. The van der Waals surface area contributed by atoms with E-state index in [9.17, 15) is 0 Å². The number of aliphatic hydroxyl groups is 1. The minimum Gasteiger partial charge on any atom is -0.391 e. The second-order valence-electron chi connectivity index (χ2n) is 3.38. The number of rotatable bonds is 4. The zero-order chi connectivity index (χ0) is 9.72. The lowest BCUT2D eigenvalue weighted by atomic mass is 10.1. The molecule has 0 aromatic heterocycles. The van der Waals surface area contributed by atoms with E-state index in [1.165, 1.54) is 0 Å². The average molecular weight is 171 g/mol. The molecule has 0 saturated carbocycles. The Morgan fingerprint density at radius 1 is 1.25 bits per heavy atom. The maximum Gasteiger partial charge on any atom is 0.146 e. The van der Waals surface area contributed by atoms with Gasteiger partial charge in [-0.1, -0.05) is 13.8 Å². The van der Waals surface area contributed by atoms with Crippen LogP contribution in [0, 0.1) is 17.2 Å². The normalized spacial score (nSPS) is 18.4. The third kappa shape index (κ3) is 3.70. The van der Waals surface area contributed by atoms with Crippen LogP contribution in [0.1, 0.15) is 27.7 Å².